The van der Waals surface area contributed by atoms with Crippen LogP contribution in [0.1, 0.15) is 48.5 Å². The molecular formula is C21H22N2O3. The molecule has 2 aliphatic rings. The second kappa shape index (κ2) is 6.48. The number of anilines is 2. The van der Waals surface area contributed by atoms with Crippen molar-refractivity contribution in [2.45, 2.75) is 38.7 Å². The Morgan fingerprint density at radius 2 is 2.00 bits per heavy atom. The Labute approximate surface area is 153 Å². The van der Waals surface area contributed by atoms with Crippen LogP contribution in [0.5, 0.6) is 5.75 Å². The second-order valence-corrected chi connectivity index (χ2v) is 6.99. The highest BCUT2D eigenvalue weighted by molar-refractivity contribution is 6.07. The summed E-state index contributed by atoms with van der Waals surface area (Å²) < 4.78 is 5.91. The average Bonchev–Trinajstić information content (AvgIpc) is 3.19. The number of benzene rings is 2. The highest BCUT2D eigenvalue weighted by Crippen LogP contribution is 2.40. The van der Waals surface area contributed by atoms with Crippen LogP contribution in [-0.4, -0.2) is 24.5 Å². The molecule has 0 aliphatic carbocycles. The van der Waals surface area contributed by atoms with Crippen molar-refractivity contribution in [3.05, 3.63) is 53.6 Å². The SMILES string of the molecule is C[C@@H]1Oc2c(C(=O)Nc3cccc(N4CCCC4=O)c3)cccc2[C@H]1C. The van der Waals surface area contributed by atoms with E-state index in [2.05, 4.69) is 12.2 Å². The molecule has 2 aromatic carbocycles. The number of carbonyl (C=O) groups excluding carboxylic acids is 2. The maximum Gasteiger partial charge on any atom is 0.259 e. The number of fused-ring (bicyclic) bond motifs is 1. The van der Waals surface area contributed by atoms with Crippen molar-refractivity contribution in [3.63, 3.8) is 0 Å². The van der Waals surface area contributed by atoms with Gasteiger partial charge in [-0.3, -0.25) is 9.59 Å². The fourth-order valence-electron chi connectivity index (χ4n) is 3.64. The van der Waals surface area contributed by atoms with E-state index in [1.165, 1.54) is 0 Å². The summed E-state index contributed by atoms with van der Waals surface area (Å²) in [6.07, 6.45) is 1.52. The molecule has 0 spiro atoms. The van der Waals surface area contributed by atoms with E-state index in [9.17, 15) is 9.59 Å². The molecule has 1 fully saturated rings. The van der Waals surface area contributed by atoms with Crippen LogP contribution in [0.2, 0.25) is 0 Å². The smallest absolute Gasteiger partial charge is 0.259 e. The average molecular weight is 350 g/mol. The quantitative estimate of drug-likeness (QED) is 0.912. The van der Waals surface area contributed by atoms with Crippen LogP contribution >= 0.6 is 0 Å². The third kappa shape index (κ3) is 2.83. The molecule has 0 bridgehead atoms. The minimum absolute atomic E-state index is 0.0588. The molecular weight excluding hydrogens is 328 g/mol. The first kappa shape index (κ1) is 16.6. The first-order valence-electron chi connectivity index (χ1n) is 9.06. The lowest BCUT2D eigenvalue weighted by atomic mass is 9.97. The van der Waals surface area contributed by atoms with Gasteiger partial charge in [0, 0.05) is 35.8 Å². The molecule has 0 radical (unpaired) electrons. The largest absolute Gasteiger partial charge is 0.489 e. The number of amides is 2. The topological polar surface area (TPSA) is 58.6 Å². The highest BCUT2D eigenvalue weighted by atomic mass is 16.5. The van der Waals surface area contributed by atoms with E-state index in [0.717, 1.165) is 24.2 Å². The summed E-state index contributed by atoms with van der Waals surface area (Å²) in [6.45, 7) is 4.85. The van der Waals surface area contributed by atoms with Crippen molar-refractivity contribution in [3.8, 4) is 5.75 Å². The number of hydrogen-bond donors (Lipinski definition) is 1. The molecule has 2 heterocycles. The van der Waals surface area contributed by atoms with Gasteiger partial charge in [-0.2, -0.15) is 0 Å². The molecule has 2 amide bonds. The Bertz CT molecular complexity index is 877. The van der Waals surface area contributed by atoms with Gasteiger partial charge in [0.05, 0.1) is 5.56 Å². The molecule has 0 unspecified atom stereocenters. The predicted octanol–water partition coefficient (Wildman–Crippen LogP) is 3.95. The molecule has 0 saturated carbocycles. The lowest BCUT2D eigenvalue weighted by Gasteiger charge is -2.17. The molecule has 5 nitrogen and oxygen atoms in total. The van der Waals surface area contributed by atoms with E-state index >= 15 is 0 Å². The fraction of sp³-hybridized carbons (Fsp3) is 0.333. The van der Waals surface area contributed by atoms with Crippen molar-refractivity contribution in [2.75, 3.05) is 16.8 Å². The van der Waals surface area contributed by atoms with Crippen LogP contribution in [0.15, 0.2) is 42.5 Å². The molecule has 1 N–H and O–H groups in total. The molecule has 134 valence electrons. The third-order valence-electron chi connectivity index (χ3n) is 5.28. The van der Waals surface area contributed by atoms with Crippen LogP contribution in [0.3, 0.4) is 0 Å². The van der Waals surface area contributed by atoms with Gasteiger partial charge >= 0.3 is 0 Å². The first-order valence-corrected chi connectivity index (χ1v) is 9.06. The van der Waals surface area contributed by atoms with Crippen LogP contribution in [-0.2, 0) is 4.79 Å². The predicted molar refractivity (Wildman–Crippen MR) is 101 cm³/mol. The summed E-state index contributed by atoms with van der Waals surface area (Å²) in [4.78, 5) is 26.5. The molecule has 26 heavy (non-hydrogen) atoms. The van der Waals surface area contributed by atoms with Crippen molar-refractivity contribution >= 4 is 23.2 Å². The molecule has 5 heteroatoms. The maximum absolute atomic E-state index is 12.8. The molecule has 0 aromatic heterocycles. The number of ether oxygens (including phenoxy) is 1. The summed E-state index contributed by atoms with van der Waals surface area (Å²) >= 11 is 0. The zero-order chi connectivity index (χ0) is 18.3. The van der Waals surface area contributed by atoms with Gasteiger partial charge in [-0.05, 0) is 37.6 Å². The zero-order valence-corrected chi connectivity index (χ0v) is 15.0. The van der Waals surface area contributed by atoms with E-state index in [4.69, 9.17) is 4.74 Å². The summed E-state index contributed by atoms with van der Waals surface area (Å²) in [5, 5.41) is 2.94. The normalized spacial score (nSPS) is 21.5. The van der Waals surface area contributed by atoms with E-state index in [1.807, 2.05) is 43.3 Å². The van der Waals surface area contributed by atoms with Crippen LogP contribution in [0.4, 0.5) is 11.4 Å². The van der Waals surface area contributed by atoms with Gasteiger partial charge in [-0.1, -0.05) is 25.1 Å². The van der Waals surface area contributed by atoms with Crippen molar-refractivity contribution in [1.29, 1.82) is 0 Å². The van der Waals surface area contributed by atoms with E-state index in [1.54, 1.807) is 11.0 Å². The summed E-state index contributed by atoms with van der Waals surface area (Å²) in [5.74, 6) is 0.872. The highest BCUT2D eigenvalue weighted by Gasteiger charge is 2.31. The summed E-state index contributed by atoms with van der Waals surface area (Å²) in [7, 11) is 0. The fourth-order valence-corrected chi connectivity index (χ4v) is 3.64. The first-order chi connectivity index (χ1) is 12.5. The van der Waals surface area contributed by atoms with Crippen molar-refractivity contribution in [1.82, 2.24) is 0 Å². The number of nitrogens with zero attached hydrogens (tertiary/aromatic N) is 1. The third-order valence-corrected chi connectivity index (χ3v) is 5.28. The Morgan fingerprint density at radius 1 is 1.19 bits per heavy atom. The monoisotopic (exact) mass is 350 g/mol. The number of carbonyl (C=O) groups is 2. The standard InChI is InChI=1S/C21H22N2O3/c1-13-14(2)26-20-17(13)8-4-9-18(20)21(25)22-15-6-3-7-16(12-15)23-11-5-10-19(23)24/h3-4,6-9,12-14H,5,10-11H2,1-2H3,(H,22,25)/t13-,14-/m0/s1. The van der Waals surface area contributed by atoms with Crippen LogP contribution in [0.25, 0.3) is 0 Å². The Balaban J connectivity index is 1.58. The molecule has 2 aromatic rings. The van der Waals surface area contributed by atoms with E-state index in [-0.39, 0.29) is 23.8 Å². The lowest BCUT2D eigenvalue weighted by molar-refractivity contribution is -0.117. The Kier molecular flexibility index (Phi) is 4.15. The number of para-hydroxylation sites is 1. The number of hydrogen-bond acceptors (Lipinski definition) is 3. The Hall–Kier alpha value is -2.82. The van der Waals surface area contributed by atoms with E-state index in [0.29, 0.717) is 23.4 Å². The second-order valence-electron chi connectivity index (χ2n) is 6.99. The zero-order valence-electron chi connectivity index (χ0n) is 15.0. The molecule has 2 aliphatic heterocycles. The van der Waals surface area contributed by atoms with Gasteiger partial charge in [-0.25, -0.2) is 0 Å². The minimum Gasteiger partial charge on any atom is -0.489 e. The van der Waals surface area contributed by atoms with Gasteiger partial charge < -0.3 is 15.0 Å². The number of rotatable bonds is 3. The van der Waals surface area contributed by atoms with Gasteiger partial charge in [0.25, 0.3) is 5.91 Å². The molecule has 2 atom stereocenters. The maximum atomic E-state index is 12.8. The van der Waals surface area contributed by atoms with Crippen molar-refractivity contribution in [2.24, 2.45) is 0 Å². The molecule has 1 saturated heterocycles. The van der Waals surface area contributed by atoms with E-state index < -0.39 is 0 Å². The van der Waals surface area contributed by atoms with Crippen LogP contribution < -0.4 is 15.0 Å². The van der Waals surface area contributed by atoms with Gasteiger partial charge in [0.1, 0.15) is 11.9 Å². The Morgan fingerprint density at radius 3 is 2.77 bits per heavy atom. The summed E-state index contributed by atoms with van der Waals surface area (Å²) in [6, 6.07) is 13.1. The van der Waals surface area contributed by atoms with Crippen LogP contribution in [0, 0.1) is 0 Å². The van der Waals surface area contributed by atoms with Crippen molar-refractivity contribution < 1.29 is 14.3 Å². The minimum atomic E-state index is -0.201. The summed E-state index contributed by atoms with van der Waals surface area (Å²) in [5.41, 5.74) is 3.11. The van der Waals surface area contributed by atoms with Gasteiger partial charge in [0.2, 0.25) is 5.91 Å². The van der Waals surface area contributed by atoms with Gasteiger partial charge in [-0.15, -0.1) is 0 Å². The molecule has 4 rings (SSSR count). The van der Waals surface area contributed by atoms with Gasteiger partial charge in [0.15, 0.2) is 0 Å². The lowest BCUT2D eigenvalue weighted by Crippen LogP contribution is -2.23. The number of nitrogens with one attached hydrogen (secondary N) is 1.